The van der Waals surface area contributed by atoms with Crippen molar-refractivity contribution in [2.75, 3.05) is 26.0 Å². The van der Waals surface area contributed by atoms with Crippen LogP contribution in [-0.4, -0.2) is 62.7 Å². The minimum atomic E-state index is -3.59. The number of sulfonamides is 1. The molecule has 0 saturated carbocycles. The van der Waals surface area contributed by atoms with E-state index >= 15 is 0 Å². The normalized spacial score (nSPS) is 17.0. The number of thioether (sulfide) groups is 1. The second-order valence-corrected chi connectivity index (χ2v) is 13.5. The molecular formula is C24H31N3O5S3. The summed E-state index contributed by atoms with van der Waals surface area (Å²) in [7, 11) is -6.83. The minimum absolute atomic E-state index is 0.0971. The first-order valence-corrected chi connectivity index (χ1v) is 16.0. The van der Waals surface area contributed by atoms with E-state index in [0.717, 1.165) is 35.7 Å². The zero-order valence-electron chi connectivity index (χ0n) is 20.2. The molecule has 1 unspecified atom stereocenters. The van der Waals surface area contributed by atoms with Gasteiger partial charge in [0.25, 0.3) is 0 Å². The highest BCUT2D eigenvalue weighted by molar-refractivity contribution is 7.98. The molecule has 1 aromatic heterocycles. The summed E-state index contributed by atoms with van der Waals surface area (Å²) < 4.78 is 59.0. The Morgan fingerprint density at radius 1 is 1.06 bits per heavy atom. The van der Waals surface area contributed by atoms with Gasteiger partial charge in [-0.1, -0.05) is 37.7 Å². The third-order valence-corrected chi connectivity index (χ3v) is 10.4. The third-order valence-electron chi connectivity index (χ3n) is 6.16. The molecule has 0 spiro atoms. The second-order valence-electron chi connectivity index (χ2n) is 8.58. The largest absolute Gasteiger partial charge is 0.376 e. The van der Waals surface area contributed by atoms with Gasteiger partial charge in [-0.15, -0.1) is 0 Å². The maximum Gasteiger partial charge on any atom is 0.243 e. The van der Waals surface area contributed by atoms with Gasteiger partial charge in [0, 0.05) is 31.7 Å². The monoisotopic (exact) mass is 537 g/mol. The molecule has 35 heavy (non-hydrogen) atoms. The lowest BCUT2D eigenvalue weighted by Crippen LogP contribution is -2.30. The van der Waals surface area contributed by atoms with Crippen LogP contribution >= 0.6 is 11.8 Å². The Bertz CT molecular complexity index is 1390. The van der Waals surface area contributed by atoms with Crippen molar-refractivity contribution in [3.05, 3.63) is 48.0 Å². The molecule has 0 aliphatic carbocycles. The van der Waals surface area contributed by atoms with Gasteiger partial charge in [0.15, 0.2) is 15.0 Å². The Morgan fingerprint density at radius 3 is 2.34 bits per heavy atom. The first kappa shape index (κ1) is 26.2. The van der Waals surface area contributed by atoms with Crippen LogP contribution in [0.2, 0.25) is 0 Å². The number of rotatable bonds is 10. The number of hydrogen-bond donors (Lipinski definition) is 0. The number of hydrogen-bond acceptors (Lipinski definition) is 7. The molecule has 4 rings (SSSR count). The summed E-state index contributed by atoms with van der Waals surface area (Å²) in [5.74, 6) is 0.601. The van der Waals surface area contributed by atoms with Gasteiger partial charge >= 0.3 is 0 Å². The highest BCUT2D eigenvalue weighted by atomic mass is 32.2. The molecule has 1 fully saturated rings. The van der Waals surface area contributed by atoms with Crippen molar-refractivity contribution < 1.29 is 21.6 Å². The van der Waals surface area contributed by atoms with E-state index in [0.29, 0.717) is 35.8 Å². The van der Waals surface area contributed by atoms with E-state index in [9.17, 15) is 16.8 Å². The fourth-order valence-electron chi connectivity index (χ4n) is 4.22. The lowest BCUT2D eigenvalue weighted by molar-refractivity contribution is 0.0960. The average molecular weight is 538 g/mol. The molecule has 11 heteroatoms. The Labute approximate surface area is 211 Å². The molecule has 8 nitrogen and oxygen atoms in total. The van der Waals surface area contributed by atoms with E-state index in [4.69, 9.17) is 9.72 Å². The van der Waals surface area contributed by atoms with Crippen molar-refractivity contribution >= 4 is 42.7 Å². The van der Waals surface area contributed by atoms with E-state index in [1.54, 1.807) is 24.3 Å². The van der Waals surface area contributed by atoms with Crippen LogP contribution in [0, 0.1) is 0 Å². The van der Waals surface area contributed by atoms with E-state index in [-0.39, 0.29) is 11.0 Å². The molecule has 0 bridgehead atoms. The SMILES string of the molecule is CCN(CC)S(=O)(=O)c1ccc2c(c1)nc(SCc1ccc(S(C)(=O)=O)cc1)n2CC1CCCO1. The second kappa shape index (κ2) is 10.6. The van der Waals surface area contributed by atoms with Gasteiger partial charge in [-0.2, -0.15) is 4.31 Å². The highest BCUT2D eigenvalue weighted by Gasteiger charge is 2.24. The molecule has 0 N–H and O–H groups in total. The van der Waals surface area contributed by atoms with Crippen molar-refractivity contribution in [2.45, 2.75) is 60.0 Å². The fraction of sp³-hybridized carbons (Fsp3) is 0.458. The smallest absolute Gasteiger partial charge is 0.243 e. The number of benzene rings is 2. The molecule has 3 aromatic rings. The van der Waals surface area contributed by atoms with Crippen molar-refractivity contribution in [1.29, 1.82) is 0 Å². The molecule has 2 aromatic carbocycles. The number of fused-ring (bicyclic) bond motifs is 1. The first-order valence-electron chi connectivity index (χ1n) is 11.7. The molecule has 190 valence electrons. The number of imidazole rings is 1. The van der Waals surface area contributed by atoms with Gasteiger partial charge in [0.1, 0.15) is 0 Å². The molecular weight excluding hydrogens is 506 g/mol. The van der Waals surface area contributed by atoms with Crippen LogP contribution in [-0.2, 0) is 36.9 Å². The van der Waals surface area contributed by atoms with Crippen molar-refractivity contribution in [3.8, 4) is 0 Å². The molecule has 1 atom stereocenters. The van der Waals surface area contributed by atoms with Crippen molar-refractivity contribution in [1.82, 2.24) is 13.9 Å². The minimum Gasteiger partial charge on any atom is -0.376 e. The quantitative estimate of drug-likeness (QED) is 0.361. The summed E-state index contributed by atoms with van der Waals surface area (Å²) in [4.78, 5) is 5.33. The summed E-state index contributed by atoms with van der Waals surface area (Å²) >= 11 is 1.54. The van der Waals surface area contributed by atoms with Crippen LogP contribution < -0.4 is 0 Å². The van der Waals surface area contributed by atoms with Crippen molar-refractivity contribution in [2.24, 2.45) is 0 Å². The van der Waals surface area contributed by atoms with E-state index in [1.165, 1.54) is 22.3 Å². The summed E-state index contributed by atoms with van der Waals surface area (Å²) in [6, 6.07) is 12.0. The van der Waals surface area contributed by atoms with Crippen LogP contribution in [0.4, 0.5) is 0 Å². The Balaban J connectivity index is 1.66. The van der Waals surface area contributed by atoms with Crippen LogP contribution in [0.5, 0.6) is 0 Å². The summed E-state index contributed by atoms with van der Waals surface area (Å²) in [6.45, 7) is 5.86. The molecule has 1 aliphatic rings. The van der Waals surface area contributed by atoms with Gasteiger partial charge in [-0.3, -0.25) is 0 Å². The van der Waals surface area contributed by atoms with Crippen LogP contribution in [0.3, 0.4) is 0 Å². The lowest BCUT2D eigenvalue weighted by Gasteiger charge is -2.18. The Morgan fingerprint density at radius 2 is 1.74 bits per heavy atom. The van der Waals surface area contributed by atoms with Crippen molar-refractivity contribution in [3.63, 3.8) is 0 Å². The maximum atomic E-state index is 13.0. The molecule has 2 heterocycles. The summed E-state index contributed by atoms with van der Waals surface area (Å²) in [5.41, 5.74) is 2.47. The van der Waals surface area contributed by atoms with Gasteiger partial charge in [0.05, 0.1) is 33.5 Å². The van der Waals surface area contributed by atoms with E-state index < -0.39 is 19.9 Å². The van der Waals surface area contributed by atoms with Gasteiger partial charge in [-0.05, 0) is 48.7 Å². The topological polar surface area (TPSA) is 98.6 Å². The number of sulfone groups is 1. The Hall–Kier alpha value is -1.92. The number of ether oxygens (including phenoxy) is 1. The van der Waals surface area contributed by atoms with Crippen LogP contribution in [0.1, 0.15) is 32.3 Å². The fourth-order valence-corrected chi connectivity index (χ4v) is 7.31. The zero-order chi connectivity index (χ0) is 25.2. The maximum absolute atomic E-state index is 13.0. The number of aromatic nitrogens is 2. The Kier molecular flexibility index (Phi) is 7.92. The van der Waals surface area contributed by atoms with E-state index in [1.807, 2.05) is 32.0 Å². The zero-order valence-corrected chi connectivity index (χ0v) is 22.6. The number of nitrogens with zero attached hydrogens (tertiary/aromatic N) is 3. The first-order chi connectivity index (χ1) is 16.6. The average Bonchev–Trinajstić information content (AvgIpc) is 3.46. The highest BCUT2D eigenvalue weighted by Crippen LogP contribution is 2.31. The predicted molar refractivity (Wildman–Crippen MR) is 138 cm³/mol. The van der Waals surface area contributed by atoms with E-state index in [2.05, 4.69) is 4.57 Å². The molecule has 1 saturated heterocycles. The standard InChI is InChI=1S/C24H31N3O5S3/c1-4-26(5-2)35(30,31)21-12-13-23-22(15-21)25-24(27(23)16-19-7-6-14-32-19)33-17-18-8-10-20(11-9-18)34(3,28)29/h8-13,15,19H,4-7,14,16-17H2,1-3H3. The van der Waals surface area contributed by atoms with Crippen LogP contribution in [0.25, 0.3) is 11.0 Å². The summed E-state index contributed by atoms with van der Waals surface area (Å²) in [5, 5.41) is 0.778. The van der Waals surface area contributed by atoms with Gasteiger partial charge in [-0.25, -0.2) is 21.8 Å². The van der Waals surface area contributed by atoms with Gasteiger partial charge in [0.2, 0.25) is 10.0 Å². The predicted octanol–water partition coefficient (Wildman–Crippen LogP) is 3.94. The lowest BCUT2D eigenvalue weighted by atomic mass is 10.2. The van der Waals surface area contributed by atoms with Crippen LogP contribution in [0.15, 0.2) is 57.4 Å². The molecule has 0 amide bonds. The third kappa shape index (κ3) is 5.75. The van der Waals surface area contributed by atoms with Gasteiger partial charge < -0.3 is 9.30 Å². The molecule has 0 radical (unpaired) electrons. The molecule has 1 aliphatic heterocycles. The summed E-state index contributed by atoms with van der Waals surface area (Å²) in [6.07, 6.45) is 3.29.